The number of carbonyl (C=O) groups excluding carboxylic acids is 1. The van der Waals surface area contributed by atoms with Crippen LogP contribution in [0.2, 0.25) is 10.0 Å². The SMILES string of the molecule is CC(C)c1nc(CCCOC(N)=O)n(CCc2ccccc2)c1Sc1cc(Cl)cc(Cl)c1. The van der Waals surface area contributed by atoms with Crippen molar-refractivity contribution >= 4 is 41.1 Å². The molecule has 2 aromatic carbocycles. The van der Waals surface area contributed by atoms with E-state index in [1.54, 1.807) is 17.8 Å². The maximum Gasteiger partial charge on any atom is 0.404 e. The Bertz CT molecular complexity index is 1030. The van der Waals surface area contributed by atoms with Gasteiger partial charge >= 0.3 is 6.09 Å². The van der Waals surface area contributed by atoms with Crippen LogP contribution in [-0.4, -0.2) is 22.3 Å². The van der Waals surface area contributed by atoms with Gasteiger partial charge in [-0.3, -0.25) is 0 Å². The summed E-state index contributed by atoms with van der Waals surface area (Å²) < 4.78 is 7.18. The maximum atomic E-state index is 10.9. The molecule has 3 aromatic rings. The number of hydrogen-bond acceptors (Lipinski definition) is 4. The van der Waals surface area contributed by atoms with Crippen LogP contribution in [0.4, 0.5) is 4.79 Å². The van der Waals surface area contributed by atoms with Crippen molar-refractivity contribution in [3.63, 3.8) is 0 Å². The Hall–Kier alpha value is -2.15. The second-order valence-electron chi connectivity index (χ2n) is 7.74. The van der Waals surface area contributed by atoms with Crippen LogP contribution in [0.15, 0.2) is 58.5 Å². The number of amides is 1. The van der Waals surface area contributed by atoms with Gasteiger partial charge in [0.2, 0.25) is 0 Å². The fourth-order valence-electron chi connectivity index (χ4n) is 3.40. The second-order valence-corrected chi connectivity index (χ2v) is 9.67. The minimum Gasteiger partial charge on any atom is -0.450 e. The number of imidazole rings is 1. The number of aromatic nitrogens is 2. The zero-order chi connectivity index (χ0) is 23.1. The molecule has 170 valence electrons. The zero-order valence-corrected chi connectivity index (χ0v) is 20.5. The number of rotatable bonds is 10. The van der Waals surface area contributed by atoms with E-state index in [1.807, 2.05) is 18.2 Å². The fourth-order valence-corrected chi connectivity index (χ4v) is 5.34. The number of primary amides is 1. The lowest BCUT2D eigenvalue weighted by Gasteiger charge is -2.14. The number of nitrogens with zero attached hydrogens (tertiary/aromatic N) is 2. The Kier molecular flexibility index (Phi) is 8.91. The summed E-state index contributed by atoms with van der Waals surface area (Å²) in [6, 6.07) is 15.9. The van der Waals surface area contributed by atoms with E-state index in [1.165, 1.54) is 5.56 Å². The Morgan fingerprint density at radius 2 is 1.81 bits per heavy atom. The summed E-state index contributed by atoms with van der Waals surface area (Å²) in [6.07, 6.45) is 1.45. The van der Waals surface area contributed by atoms with Gasteiger partial charge in [0.25, 0.3) is 0 Å². The first-order valence-electron chi connectivity index (χ1n) is 10.5. The first-order valence-corrected chi connectivity index (χ1v) is 12.1. The summed E-state index contributed by atoms with van der Waals surface area (Å²) in [7, 11) is 0. The summed E-state index contributed by atoms with van der Waals surface area (Å²) in [5.41, 5.74) is 7.38. The maximum absolute atomic E-state index is 10.9. The third-order valence-corrected chi connectivity index (χ3v) is 6.41. The van der Waals surface area contributed by atoms with Gasteiger partial charge in [-0.2, -0.15) is 0 Å². The van der Waals surface area contributed by atoms with Gasteiger partial charge in [-0.25, -0.2) is 9.78 Å². The standard InChI is InChI=1S/C24H27Cl2N3O2S/c1-16(2)22-23(32-20-14-18(25)13-19(26)15-20)29(11-10-17-7-4-3-5-8-17)21(28-22)9-6-12-31-24(27)30/h3-5,7-8,13-16H,6,9-12H2,1-2H3,(H2,27,30). The van der Waals surface area contributed by atoms with Crippen molar-refractivity contribution in [1.82, 2.24) is 9.55 Å². The predicted octanol–water partition coefficient (Wildman–Crippen LogP) is 6.74. The van der Waals surface area contributed by atoms with Crippen LogP contribution in [0, 0.1) is 0 Å². The van der Waals surface area contributed by atoms with E-state index in [0.29, 0.717) is 22.9 Å². The molecular weight excluding hydrogens is 465 g/mol. The van der Waals surface area contributed by atoms with Gasteiger partial charge in [-0.05, 0) is 42.5 Å². The molecule has 32 heavy (non-hydrogen) atoms. The van der Waals surface area contributed by atoms with Gasteiger partial charge in [0.15, 0.2) is 0 Å². The molecule has 1 heterocycles. The minimum absolute atomic E-state index is 0.241. The molecule has 0 fully saturated rings. The molecule has 0 aliphatic heterocycles. The Balaban J connectivity index is 1.93. The Morgan fingerprint density at radius 1 is 1.12 bits per heavy atom. The Morgan fingerprint density at radius 3 is 2.44 bits per heavy atom. The average Bonchev–Trinajstić information content (AvgIpc) is 3.07. The van der Waals surface area contributed by atoms with Gasteiger partial charge in [0.1, 0.15) is 10.9 Å². The van der Waals surface area contributed by atoms with Crippen molar-refractivity contribution in [3.05, 3.63) is 75.7 Å². The smallest absolute Gasteiger partial charge is 0.404 e. The molecular formula is C24H27Cl2N3O2S. The normalized spacial score (nSPS) is 11.2. The lowest BCUT2D eigenvalue weighted by atomic mass is 10.1. The highest BCUT2D eigenvalue weighted by Crippen LogP contribution is 2.37. The third kappa shape index (κ3) is 6.92. The number of benzene rings is 2. The topological polar surface area (TPSA) is 70.1 Å². The number of hydrogen-bond donors (Lipinski definition) is 1. The van der Waals surface area contributed by atoms with E-state index in [9.17, 15) is 4.79 Å². The van der Waals surface area contributed by atoms with Crippen LogP contribution in [0.3, 0.4) is 0 Å². The number of halogens is 2. The first kappa shape index (κ1) is 24.5. The molecule has 5 nitrogen and oxygen atoms in total. The molecule has 8 heteroatoms. The molecule has 0 aliphatic rings. The predicted molar refractivity (Wildman–Crippen MR) is 131 cm³/mol. The summed E-state index contributed by atoms with van der Waals surface area (Å²) in [4.78, 5) is 16.8. The lowest BCUT2D eigenvalue weighted by molar-refractivity contribution is 0.155. The van der Waals surface area contributed by atoms with Gasteiger partial charge in [0, 0.05) is 27.9 Å². The van der Waals surface area contributed by atoms with Crippen molar-refractivity contribution in [2.24, 2.45) is 5.73 Å². The third-order valence-electron chi connectivity index (χ3n) is 4.88. The molecule has 0 saturated carbocycles. The largest absolute Gasteiger partial charge is 0.450 e. The monoisotopic (exact) mass is 491 g/mol. The van der Waals surface area contributed by atoms with Crippen molar-refractivity contribution in [2.45, 2.75) is 55.5 Å². The van der Waals surface area contributed by atoms with Crippen molar-refractivity contribution in [1.29, 1.82) is 0 Å². The highest BCUT2D eigenvalue weighted by Gasteiger charge is 2.21. The molecule has 2 N–H and O–H groups in total. The molecule has 0 radical (unpaired) electrons. The van der Waals surface area contributed by atoms with E-state index in [0.717, 1.165) is 34.4 Å². The Labute approximate surface area is 203 Å². The zero-order valence-electron chi connectivity index (χ0n) is 18.2. The van der Waals surface area contributed by atoms with Crippen molar-refractivity contribution in [3.8, 4) is 0 Å². The first-order chi connectivity index (χ1) is 15.3. The summed E-state index contributed by atoms with van der Waals surface area (Å²) >= 11 is 14.1. The van der Waals surface area contributed by atoms with Crippen LogP contribution < -0.4 is 5.73 Å². The molecule has 3 rings (SSSR count). The molecule has 0 atom stereocenters. The molecule has 0 saturated heterocycles. The van der Waals surface area contributed by atoms with Gasteiger partial charge in [0.05, 0.1) is 12.3 Å². The average molecular weight is 492 g/mol. The molecule has 0 bridgehead atoms. The van der Waals surface area contributed by atoms with Crippen LogP contribution >= 0.6 is 35.0 Å². The summed E-state index contributed by atoms with van der Waals surface area (Å²) in [5, 5.41) is 2.29. The quantitative estimate of drug-likeness (QED) is 0.319. The number of carbonyl (C=O) groups is 1. The summed E-state index contributed by atoms with van der Waals surface area (Å²) in [5.74, 6) is 1.21. The minimum atomic E-state index is -0.755. The van der Waals surface area contributed by atoms with Crippen LogP contribution in [-0.2, 0) is 24.1 Å². The number of nitrogens with two attached hydrogens (primary N) is 1. The number of aryl methyl sites for hydroxylation is 2. The fraction of sp³-hybridized carbons (Fsp3) is 0.333. The van der Waals surface area contributed by atoms with Gasteiger partial charge in [-0.15, -0.1) is 0 Å². The van der Waals surface area contributed by atoms with Crippen LogP contribution in [0.25, 0.3) is 0 Å². The molecule has 1 aromatic heterocycles. The molecule has 0 aliphatic carbocycles. The van der Waals surface area contributed by atoms with Crippen molar-refractivity contribution in [2.75, 3.05) is 6.61 Å². The molecule has 1 amide bonds. The van der Waals surface area contributed by atoms with Crippen LogP contribution in [0.5, 0.6) is 0 Å². The summed E-state index contributed by atoms with van der Waals surface area (Å²) in [6.45, 7) is 5.33. The van der Waals surface area contributed by atoms with E-state index in [-0.39, 0.29) is 12.5 Å². The van der Waals surface area contributed by atoms with Crippen molar-refractivity contribution < 1.29 is 9.53 Å². The van der Waals surface area contributed by atoms with Crippen LogP contribution in [0.1, 0.15) is 43.3 Å². The lowest BCUT2D eigenvalue weighted by Crippen LogP contribution is -2.15. The van der Waals surface area contributed by atoms with E-state index >= 15 is 0 Å². The van der Waals surface area contributed by atoms with E-state index < -0.39 is 6.09 Å². The number of ether oxygens (including phenoxy) is 1. The highest BCUT2D eigenvalue weighted by molar-refractivity contribution is 7.99. The van der Waals surface area contributed by atoms with Gasteiger partial charge < -0.3 is 15.0 Å². The van der Waals surface area contributed by atoms with Gasteiger partial charge in [-0.1, -0.05) is 79.1 Å². The molecule has 0 unspecified atom stereocenters. The van der Waals surface area contributed by atoms with E-state index in [2.05, 4.69) is 42.7 Å². The van der Waals surface area contributed by atoms with E-state index in [4.69, 9.17) is 38.7 Å². The second kappa shape index (κ2) is 11.6. The molecule has 0 spiro atoms. The highest BCUT2D eigenvalue weighted by atomic mass is 35.5.